The molecule has 0 aromatic heterocycles. The van der Waals surface area contributed by atoms with Crippen molar-refractivity contribution in [2.45, 2.75) is 13.0 Å². The molecule has 1 aliphatic heterocycles. The molecule has 0 unspecified atom stereocenters. The molecule has 0 aliphatic carbocycles. The van der Waals surface area contributed by atoms with Crippen LogP contribution in [0.15, 0.2) is 66.9 Å². The van der Waals surface area contributed by atoms with Gasteiger partial charge < -0.3 is 25.4 Å². The molecule has 8 heteroatoms. The summed E-state index contributed by atoms with van der Waals surface area (Å²) >= 11 is 0. The fourth-order valence-corrected chi connectivity index (χ4v) is 3.76. The number of hydrogen-bond acceptors (Lipinski definition) is 7. The maximum absolute atomic E-state index is 12.5. The number of ether oxygens (including phenoxy) is 1. The summed E-state index contributed by atoms with van der Waals surface area (Å²) in [6.07, 6.45) is 5.70. The number of nitrogens with one attached hydrogen (secondary N) is 2. The van der Waals surface area contributed by atoms with E-state index in [0.717, 1.165) is 5.56 Å². The Bertz CT molecular complexity index is 1360. The fourth-order valence-electron chi connectivity index (χ4n) is 3.76. The zero-order valence-corrected chi connectivity index (χ0v) is 18.9. The summed E-state index contributed by atoms with van der Waals surface area (Å²) in [5.41, 5.74) is 3.35. The second-order valence-electron chi connectivity index (χ2n) is 7.92. The van der Waals surface area contributed by atoms with Crippen LogP contribution < -0.4 is 15.4 Å². The summed E-state index contributed by atoms with van der Waals surface area (Å²) in [6, 6.07) is 14.9. The van der Waals surface area contributed by atoms with E-state index in [0.29, 0.717) is 40.0 Å². The van der Waals surface area contributed by atoms with Crippen LogP contribution in [-0.2, 0) is 17.8 Å². The molecule has 1 heterocycles. The molecule has 8 nitrogen and oxygen atoms in total. The van der Waals surface area contributed by atoms with Gasteiger partial charge in [0, 0.05) is 29.4 Å². The zero-order chi connectivity index (χ0) is 24.9. The number of carbonyl (C=O) groups is 2. The smallest absolute Gasteiger partial charge is 0.260 e. The summed E-state index contributed by atoms with van der Waals surface area (Å²) in [5.74, 6) is -0.951. The molecule has 178 valence electrons. The minimum atomic E-state index is -0.522. The summed E-state index contributed by atoms with van der Waals surface area (Å²) in [7, 11) is 1.49. The minimum Gasteiger partial charge on any atom is -0.504 e. The monoisotopic (exact) mass is 472 g/mol. The Morgan fingerprint density at radius 2 is 1.77 bits per heavy atom. The normalized spacial score (nSPS) is 14.1. The average molecular weight is 472 g/mol. The number of phenolic OH excluding ortho intramolecular Hbond substituents is 3. The summed E-state index contributed by atoms with van der Waals surface area (Å²) in [5, 5.41) is 34.7. The van der Waals surface area contributed by atoms with Crippen LogP contribution in [0.25, 0.3) is 11.6 Å². The second kappa shape index (κ2) is 10.0. The lowest BCUT2D eigenvalue weighted by molar-refractivity contribution is -0.114. The van der Waals surface area contributed by atoms with Crippen LogP contribution in [0, 0.1) is 0 Å². The van der Waals surface area contributed by atoms with Gasteiger partial charge in [0.2, 0.25) is 0 Å². The molecule has 1 aliphatic rings. The predicted octanol–water partition coefficient (Wildman–Crippen LogP) is 3.47. The number of hydrogen-bond donors (Lipinski definition) is 5. The standard InChI is InChI=1S/C27H24N2O6/c1-35-24-7-3-6-18(25(24)32)5-2-4-16-8-10-19-20(12-16)21(27(34)29-26(19)33)15-28-14-17-9-11-22(30)23(31)13-17/h2-4,6-13,15,28,30-32H,5,14H2,1H3,(H,29,33,34)/b4-2+,21-15+. The van der Waals surface area contributed by atoms with Gasteiger partial charge in [0.15, 0.2) is 23.0 Å². The van der Waals surface area contributed by atoms with Crippen molar-refractivity contribution in [1.29, 1.82) is 0 Å². The molecule has 0 atom stereocenters. The molecule has 0 saturated carbocycles. The number of phenols is 3. The van der Waals surface area contributed by atoms with Gasteiger partial charge in [-0.2, -0.15) is 0 Å². The number of para-hydroxylation sites is 1. The molecular formula is C27H24N2O6. The Morgan fingerprint density at radius 3 is 2.54 bits per heavy atom. The number of amides is 2. The van der Waals surface area contributed by atoms with Crippen molar-refractivity contribution in [2.75, 3.05) is 7.11 Å². The highest BCUT2D eigenvalue weighted by molar-refractivity contribution is 6.31. The van der Waals surface area contributed by atoms with E-state index in [1.165, 1.54) is 25.4 Å². The molecule has 5 N–H and O–H groups in total. The van der Waals surface area contributed by atoms with E-state index in [2.05, 4.69) is 10.6 Å². The third-order valence-corrected chi connectivity index (χ3v) is 5.59. The molecule has 35 heavy (non-hydrogen) atoms. The number of aromatic hydroxyl groups is 3. The number of rotatable bonds is 7. The molecular weight excluding hydrogens is 448 g/mol. The van der Waals surface area contributed by atoms with Crippen molar-refractivity contribution >= 4 is 23.5 Å². The van der Waals surface area contributed by atoms with Gasteiger partial charge in [-0.15, -0.1) is 0 Å². The average Bonchev–Trinajstić information content (AvgIpc) is 2.84. The predicted molar refractivity (Wildman–Crippen MR) is 131 cm³/mol. The van der Waals surface area contributed by atoms with Crippen LogP contribution >= 0.6 is 0 Å². The van der Waals surface area contributed by atoms with Crippen LogP contribution in [0.2, 0.25) is 0 Å². The molecule has 3 aromatic rings. The number of carbonyl (C=O) groups excluding carboxylic acids is 2. The van der Waals surface area contributed by atoms with Gasteiger partial charge in [-0.1, -0.05) is 36.4 Å². The maximum atomic E-state index is 12.5. The van der Waals surface area contributed by atoms with Crippen LogP contribution in [0.5, 0.6) is 23.0 Å². The highest BCUT2D eigenvalue weighted by Gasteiger charge is 2.27. The van der Waals surface area contributed by atoms with Gasteiger partial charge in [-0.25, -0.2) is 0 Å². The topological polar surface area (TPSA) is 128 Å². The van der Waals surface area contributed by atoms with E-state index in [4.69, 9.17) is 4.74 Å². The van der Waals surface area contributed by atoms with Crippen LogP contribution in [0.3, 0.4) is 0 Å². The van der Waals surface area contributed by atoms with E-state index in [-0.39, 0.29) is 23.8 Å². The lowest BCUT2D eigenvalue weighted by Crippen LogP contribution is -2.37. The number of allylic oxidation sites excluding steroid dienone is 1. The molecule has 0 radical (unpaired) electrons. The fraction of sp³-hybridized carbons (Fsp3) is 0.111. The lowest BCUT2D eigenvalue weighted by Gasteiger charge is -2.19. The number of fused-ring (bicyclic) bond motifs is 1. The van der Waals surface area contributed by atoms with Gasteiger partial charge in [0.1, 0.15) is 0 Å². The van der Waals surface area contributed by atoms with Crippen LogP contribution in [0.1, 0.15) is 32.6 Å². The van der Waals surface area contributed by atoms with E-state index < -0.39 is 11.8 Å². The van der Waals surface area contributed by atoms with Crippen molar-refractivity contribution in [2.24, 2.45) is 0 Å². The summed E-state index contributed by atoms with van der Waals surface area (Å²) in [6.45, 7) is 0.289. The lowest BCUT2D eigenvalue weighted by atomic mass is 9.93. The molecule has 0 fully saturated rings. The van der Waals surface area contributed by atoms with Crippen LogP contribution in [-0.4, -0.2) is 34.2 Å². The SMILES string of the molecule is COc1cccc(C/C=C/c2ccc3c(c2)/C(=C\NCc2ccc(O)c(O)c2)C(=O)NC3=O)c1O. The Balaban J connectivity index is 1.55. The number of imide groups is 1. The Kier molecular flexibility index (Phi) is 6.73. The summed E-state index contributed by atoms with van der Waals surface area (Å²) in [4.78, 5) is 24.9. The third kappa shape index (κ3) is 5.11. The Labute approximate surface area is 201 Å². The van der Waals surface area contributed by atoms with Crippen molar-refractivity contribution in [3.63, 3.8) is 0 Å². The van der Waals surface area contributed by atoms with Crippen LogP contribution in [0.4, 0.5) is 0 Å². The molecule has 2 amide bonds. The van der Waals surface area contributed by atoms with Gasteiger partial charge in [-0.3, -0.25) is 14.9 Å². The van der Waals surface area contributed by atoms with Gasteiger partial charge in [0.05, 0.1) is 12.7 Å². The Hall–Kier alpha value is -4.72. The quantitative estimate of drug-likeness (QED) is 0.202. The van der Waals surface area contributed by atoms with E-state index >= 15 is 0 Å². The first-order valence-electron chi connectivity index (χ1n) is 10.8. The maximum Gasteiger partial charge on any atom is 0.260 e. The van der Waals surface area contributed by atoms with Crippen molar-refractivity contribution < 1.29 is 29.6 Å². The van der Waals surface area contributed by atoms with E-state index in [1.807, 2.05) is 12.2 Å². The van der Waals surface area contributed by atoms with E-state index in [1.54, 1.807) is 42.5 Å². The molecule has 4 rings (SSSR count). The minimum absolute atomic E-state index is 0.0885. The largest absolute Gasteiger partial charge is 0.504 e. The van der Waals surface area contributed by atoms with Gasteiger partial charge in [-0.05, 0) is 47.9 Å². The molecule has 3 aromatic carbocycles. The second-order valence-corrected chi connectivity index (χ2v) is 7.92. The number of methoxy groups -OCH3 is 1. The molecule has 0 spiro atoms. The first kappa shape index (κ1) is 23.4. The van der Waals surface area contributed by atoms with Gasteiger partial charge >= 0.3 is 0 Å². The molecule has 0 saturated heterocycles. The third-order valence-electron chi connectivity index (χ3n) is 5.59. The van der Waals surface area contributed by atoms with Crippen molar-refractivity contribution in [1.82, 2.24) is 10.6 Å². The summed E-state index contributed by atoms with van der Waals surface area (Å²) < 4.78 is 5.14. The molecule has 0 bridgehead atoms. The van der Waals surface area contributed by atoms with E-state index in [9.17, 15) is 24.9 Å². The Morgan fingerprint density at radius 1 is 0.943 bits per heavy atom. The zero-order valence-electron chi connectivity index (χ0n) is 18.9. The highest BCUT2D eigenvalue weighted by Crippen LogP contribution is 2.30. The van der Waals surface area contributed by atoms with Crippen molar-refractivity contribution in [3.8, 4) is 23.0 Å². The number of benzene rings is 3. The first-order chi connectivity index (χ1) is 16.9. The first-order valence-corrected chi connectivity index (χ1v) is 10.8. The van der Waals surface area contributed by atoms with Gasteiger partial charge in [0.25, 0.3) is 11.8 Å². The highest BCUT2D eigenvalue weighted by atomic mass is 16.5. The van der Waals surface area contributed by atoms with Crippen molar-refractivity contribution in [3.05, 3.63) is 94.7 Å².